The van der Waals surface area contributed by atoms with Gasteiger partial charge in [0.25, 0.3) is 0 Å². The molecule has 2 heterocycles. The van der Waals surface area contributed by atoms with E-state index >= 15 is 0 Å². The van der Waals surface area contributed by atoms with Crippen molar-refractivity contribution in [1.82, 2.24) is 9.80 Å². The first-order valence-corrected chi connectivity index (χ1v) is 8.05. The van der Waals surface area contributed by atoms with E-state index in [-0.39, 0.29) is 4.36 Å². The Balaban J connectivity index is 2.08. The fourth-order valence-corrected chi connectivity index (χ4v) is 4.42. The zero-order valence-corrected chi connectivity index (χ0v) is 12.2. The summed E-state index contributed by atoms with van der Waals surface area (Å²) in [6.45, 7) is 3.42. The fourth-order valence-electron chi connectivity index (χ4n) is 2.55. The van der Waals surface area contributed by atoms with Gasteiger partial charge in [-0.25, -0.2) is 8.42 Å². The second-order valence-corrected chi connectivity index (χ2v) is 7.37. The van der Waals surface area contributed by atoms with E-state index in [9.17, 15) is 8.42 Å². The minimum Gasteiger partial charge on any atom is -0.367 e. The van der Waals surface area contributed by atoms with Gasteiger partial charge in [0.1, 0.15) is 0 Å². The van der Waals surface area contributed by atoms with E-state index in [0.717, 1.165) is 31.7 Å². The highest BCUT2D eigenvalue weighted by Crippen LogP contribution is 2.42. The average molecular weight is 299 g/mol. The Bertz CT molecular complexity index is 646. The lowest BCUT2D eigenvalue weighted by Crippen LogP contribution is -2.43. The summed E-state index contributed by atoms with van der Waals surface area (Å²) in [7, 11) is -1.44. The van der Waals surface area contributed by atoms with Gasteiger partial charge in [0.05, 0.1) is 10.6 Å². The molecule has 6 heteroatoms. The van der Waals surface area contributed by atoms with Crippen molar-refractivity contribution in [3.8, 4) is 0 Å². The first-order valence-electron chi connectivity index (χ1n) is 6.19. The average Bonchev–Trinajstić information content (AvgIpc) is 2.60. The van der Waals surface area contributed by atoms with Crippen LogP contribution in [-0.4, -0.2) is 51.4 Å². The maximum atomic E-state index is 12.3. The molecule has 0 atom stereocenters. The quantitative estimate of drug-likeness (QED) is 0.789. The standard InChI is InChI=1S/C13H15ClN2O2S/c1-15-6-8-16(9-7-15)12-10-4-2-3-5-11(10)19(17,18)13(12)14/h2-5H,6-9H2,1H3. The van der Waals surface area contributed by atoms with Crippen molar-refractivity contribution in [3.63, 3.8) is 0 Å². The van der Waals surface area contributed by atoms with E-state index in [2.05, 4.69) is 16.8 Å². The second-order valence-electron chi connectivity index (χ2n) is 4.91. The van der Waals surface area contributed by atoms with E-state index in [1.807, 2.05) is 12.1 Å². The van der Waals surface area contributed by atoms with Gasteiger partial charge in [-0.2, -0.15) is 0 Å². The number of benzene rings is 1. The maximum Gasteiger partial charge on any atom is 0.220 e. The number of piperazine rings is 1. The van der Waals surface area contributed by atoms with Gasteiger partial charge in [-0.3, -0.25) is 0 Å². The molecule has 0 N–H and O–H groups in total. The summed E-state index contributed by atoms with van der Waals surface area (Å²) in [4.78, 5) is 4.63. The maximum absolute atomic E-state index is 12.3. The summed E-state index contributed by atoms with van der Waals surface area (Å²) in [5, 5.41) is 0. The van der Waals surface area contributed by atoms with Gasteiger partial charge in [0, 0.05) is 31.7 Å². The van der Waals surface area contributed by atoms with E-state index in [1.165, 1.54) is 0 Å². The predicted molar refractivity (Wildman–Crippen MR) is 75.5 cm³/mol. The molecule has 0 unspecified atom stereocenters. The lowest BCUT2D eigenvalue weighted by Gasteiger charge is -2.34. The van der Waals surface area contributed by atoms with Gasteiger partial charge < -0.3 is 9.80 Å². The summed E-state index contributed by atoms with van der Waals surface area (Å²) in [5.74, 6) is 0. The Kier molecular flexibility index (Phi) is 3.08. The Morgan fingerprint density at radius 3 is 2.42 bits per heavy atom. The third kappa shape index (κ3) is 1.96. The topological polar surface area (TPSA) is 40.6 Å². The predicted octanol–water partition coefficient (Wildman–Crippen LogP) is 1.59. The molecule has 2 aliphatic heterocycles. The van der Waals surface area contributed by atoms with Gasteiger partial charge in [-0.05, 0) is 13.1 Å². The monoisotopic (exact) mass is 298 g/mol. The first kappa shape index (κ1) is 13.0. The van der Waals surface area contributed by atoms with Gasteiger partial charge in [0.15, 0.2) is 4.36 Å². The summed E-state index contributed by atoms with van der Waals surface area (Å²) >= 11 is 6.14. The molecule has 1 aromatic rings. The number of likely N-dealkylation sites (N-methyl/N-ethyl adjacent to an activating group) is 1. The Morgan fingerprint density at radius 1 is 1.11 bits per heavy atom. The Labute approximate surface area is 118 Å². The number of hydrogen-bond acceptors (Lipinski definition) is 4. The van der Waals surface area contributed by atoms with Crippen LogP contribution in [0.3, 0.4) is 0 Å². The van der Waals surface area contributed by atoms with Crippen LogP contribution in [0.2, 0.25) is 0 Å². The molecular formula is C13H15ClN2O2S. The molecule has 19 heavy (non-hydrogen) atoms. The van der Waals surface area contributed by atoms with Gasteiger partial charge >= 0.3 is 0 Å². The van der Waals surface area contributed by atoms with Crippen molar-refractivity contribution in [2.75, 3.05) is 33.2 Å². The van der Waals surface area contributed by atoms with Crippen LogP contribution in [0.1, 0.15) is 5.56 Å². The lowest BCUT2D eigenvalue weighted by atomic mass is 10.1. The van der Waals surface area contributed by atoms with Crippen LogP contribution in [0, 0.1) is 0 Å². The lowest BCUT2D eigenvalue weighted by molar-refractivity contribution is 0.207. The molecule has 3 rings (SSSR count). The first-order chi connectivity index (χ1) is 9.01. The molecule has 0 bridgehead atoms. The van der Waals surface area contributed by atoms with E-state index in [4.69, 9.17) is 11.6 Å². The normalized spacial score (nSPS) is 22.7. The number of sulfone groups is 1. The molecule has 0 radical (unpaired) electrons. The minimum absolute atomic E-state index is 0.0294. The van der Waals surface area contributed by atoms with Crippen molar-refractivity contribution in [3.05, 3.63) is 34.2 Å². The van der Waals surface area contributed by atoms with Crippen LogP contribution in [0.4, 0.5) is 0 Å². The molecule has 1 saturated heterocycles. The zero-order valence-electron chi connectivity index (χ0n) is 10.6. The minimum atomic E-state index is -3.51. The summed E-state index contributed by atoms with van der Waals surface area (Å²) < 4.78 is 24.5. The highest BCUT2D eigenvalue weighted by molar-refractivity contribution is 7.97. The highest BCUT2D eigenvalue weighted by atomic mass is 35.5. The molecule has 2 aliphatic rings. The second kappa shape index (κ2) is 4.51. The Hall–Kier alpha value is -1.04. The number of nitrogens with zero attached hydrogens (tertiary/aromatic N) is 2. The molecule has 1 aromatic carbocycles. The number of rotatable bonds is 1. The van der Waals surface area contributed by atoms with Crippen LogP contribution in [0.5, 0.6) is 0 Å². The molecule has 0 amide bonds. The van der Waals surface area contributed by atoms with Crippen molar-refractivity contribution < 1.29 is 8.42 Å². The van der Waals surface area contributed by atoms with Crippen molar-refractivity contribution in [1.29, 1.82) is 0 Å². The Morgan fingerprint density at radius 2 is 1.74 bits per heavy atom. The molecule has 4 nitrogen and oxygen atoms in total. The SMILES string of the molecule is CN1CCN(C2=C(Cl)S(=O)(=O)c3ccccc32)CC1. The van der Waals surface area contributed by atoms with Crippen molar-refractivity contribution in [2.24, 2.45) is 0 Å². The zero-order chi connectivity index (χ0) is 13.6. The summed E-state index contributed by atoms with van der Waals surface area (Å²) in [6, 6.07) is 7.03. The number of fused-ring (bicyclic) bond motifs is 1. The highest BCUT2D eigenvalue weighted by Gasteiger charge is 2.37. The van der Waals surface area contributed by atoms with Crippen LogP contribution in [0.25, 0.3) is 5.70 Å². The molecule has 0 saturated carbocycles. The van der Waals surface area contributed by atoms with Crippen LogP contribution < -0.4 is 0 Å². The molecule has 0 aliphatic carbocycles. The van der Waals surface area contributed by atoms with Crippen LogP contribution in [-0.2, 0) is 9.84 Å². The van der Waals surface area contributed by atoms with E-state index < -0.39 is 9.84 Å². The van der Waals surface area contributed by atoms with Crippen LogP contribution in [0.15, 0.2) is 33.5 Å². The van der Waals surface area contributed by atoms with E-state index in [1.54, 1.807) is 12.1 Å². The molecule has 1 fully saturated rings. The summed E-state index contributed by atoms with van der Waals surface area (Å²) in [5.41, 5.74) is 1.41. The van der Waals surface area contributed by atoms with Gasteiger partial charge in [-0.1, -0.05) is 29.8 Å². The molecular weight excluding hydrogens is 284 g/mol. The van der Waals surface area contributed by atoms with E-state index in [0.29, 0.717) is 10.6 Å². The number of halogens is 1. The largest absolute Gasteiger partial charge is 0.367 e. The smallest absolute Gasteiger partial charge is 0.220 e. The van der Waals surface area contributed by atoms with Gasteiger partial charge in [-0.15, -0.1) is 0 Å². The van der Waals surface area contributed by atoms with Crippen molar-refractivity contribution in [2.45, 2.75) is 4.90 Å². The summed E-state index contributed by atoms with van der Waals surface area (Å²) in [6.07, 6.45) is 0. The molecule has 0 aromatic heterocycles. The fraction of sp³-hybridized carbons (Fsp3) is 0.385. The number of hydrogen-bond donors (Lipinski definition) is 0. The third-order valence-electron chi connectivity index (χ3n) is 3.67. The molecule has 102 valence electrons. The van der Waals surface area contributed by atoms with Gasteiger partial charge in [0.2, 0.25) is 9.84 Å². The molecule has 0 spiro atoms. The third-order valence-corrected chi connectivity index (χ3v) is 6.06. The van der Waals surface area contributed by atoms with Crippen molar-refractivity contribution >= 4 is 27.1 Å². The van der Waals surface area contributed by atoms with Crippen LogP contribution >= 0.6 is 11.6 Å².